The summed E-state index contributed by atoms with van der Waals surface area (Å²) >= 11 is 0. The zero-order valence-corrected chi connectivity index (χ0v) is 7.25. The van der Waals surface area contributed by atoms with Crippen LogP contribution in [0.25, 0.3) is 0 Å². The van der Waals surface area contributed by atoms with Crippen LogP contribution in [0.5, 0.6) is 5.75 Å². The van der Waals surface area contributed by atoms with E-state index < -0.39 is 0 Å². The Labute approximate surface area is 75.3 Å². The quantitative estimate of drug-likeness (QED) is 0.753. The molecule has 0 fully saturated rings. The number of hydrogen-bond acceptors (Lipinski definition) is 3. The third-order valence-corrected chi connectivity index (χ3v) is 1.83. The molecule has 0 aromatic heterocycles. The summed E-state index contributed by atoms with van der Waals surface area (Å²) in [6, 6.07) is 3.14. The molecule has 0 bridgehead atoms. The molecule has 0 saturated heterocycles. The molecule has 2 N–H and O–H groups in total. The van der Waals surface area contributed by atoms with Crippen molar-refractivity contribution in [2.75, 3.05) is 0 Å². The lowest BCUT2D eigenvalue weighted by Gasteiger charge is -2.07. The molecule has 1 aromatic carbocycles. The molecule has 0 spiro atoms. The van der Waals surface area contributed by atoms with Crippen molar-refractivity contribution in [3.63, 3.8) is 0 Å². The molecule has 0 saturated carbocycles. The maximum atomic E-state index is 11.6. The van der Waals surface area contributed by atoms with E-state index in [4.69, 9.17) is 5.11 Å². The van der Waals surface area contributed by atoms with Gasteiger partial charge in [-0.1, -0.05) is 6.07 Å². The highest BCUT2D eigenvalue weighted by molar-refractivity contribution is 5.42. The van der Waals surface area contributed by atoms with Crippen LogP contribution >= 0.6 is 0 Å². The summed E-state index contributed by atoms with van der Waals surface area (Å²) < 4.78 is 11.6. The number of aromatic hydroxyl groups is 1. The van der Waals surface area contributed by atoms with Crippen molar-refractivity contribution in [3.05, 3.63) is 28.8 Å². The van der Waals surface area contributed by atoms with Gasteiger partial charge >= 0.3 is 0 Å². The van der Waals surface area contributed by atoms with Gasteiger partial charge in [-0.05, 0) is 28.6 Å². The first-order chi connectivity index (χ1) is 6.19. The normalized spacial score (nSPS) is 10.4. The fourth-order valence-corrected chi connectivity index (χ4v) is 1.19. The van der Waals surface area contributed by atoms with E-state index in [0.717, 1.165) is 0 Å². The molecule has 13 heavy (non-hydrogen) atoms. The highest BCUT2D eigenvalue weighted by atomic mass is 19.3. The Morgan fingerprint density at radius 2 is 2.15 bits per heavy atom. The molecule has 1 rings (SSSR count). The zero-order valence-electron chi connectivity index (χ0n) is 7.25. The first-order valence-corrected chi connectivity index (χ1v) is 3.84. The SMILES string of the molecule is Cc1cc(CO)cc(COF)c1O. The molecule has 0 aliphatic heterocycles. The molecule has 0 atom stereocenters. The molecule has 3 nitrogen and oxygen atoms in total. The van der Waals surface area contributed by atoms with Crippen LogP contribution in [0.2, 0.25) is 0 Å². The van der Waals surface area contributed by atoms with Gasteiger partial charge in [0.25, 0.3) is 0 Å². The van der Waals surface area contributed by atoms with Crippen LogP contribution in [0.4, 0.5) is 4.53 Å². The van der Waals surface area contributed by atoms with E-state index in [9.17, 15) is 9.63 Å². The van der Waals surface area contributed by atoms with E-state index in [2.05, 4.69) is 4.94 Å². The van der Waals surface area contributed by atoms with Crippen molar-refractivity contribution in [2.45, 2.75) is 20.1 Å². The van der Waals surface area contributed by atoms with Crippen molar-refractivity contribution in [2.24, 2.45) is 0 Å². The average Bonchev–Trinajstić information content (AvgIpc) is 2.13. The third kappa shape index (κ3) is 2.17. The molecule has 0 radical (unpaired) electrons. The van der Waals surface area contributed by atoms with E-state index >= 15 is 0 Å². The van der Waals surface area contributed by atoms with Gasteiger partial charge in [0.1, 0.15) is 12.4 Å². The summed E-state index contributed by atoms with van der Waals surface area (Å²) in [6.07, 6.45) is 0. The number of aliphatic hydroxyl groups excluding tert-OH is 1. The minimum absolute atomic E-state index is 0.00912. The summed E-state index contributed by atoms with van der Waals surface area (Å²) in [5.41, 5.74) is 1.56. The monoisotopic (exact) mass is 186 g/mol. The Morgan fingerprint density at radius 3 is 2.69 bits per heavy atom. The molecular weight excluding hydrogens is 175 g/mol. The number of aryl methyl sites for hydroxylation is 1. The maximum absolute atomic E-state index is 11.6. The first-order valence-electron chi connectivity index (χ1n) is 3.84. The van der Waals surface area contributed by atoms with E-state index in [0.29, 0.717) is 16.7 Å². The van der Waals surface area contributed by atoms with Crippen LogP contribution in [0.15, 0.2) is 12.1 Å². The lowest BCUT2D eigenvalue weighted by Crippen LogP contribution is -1.93. The van der Waals surface area contributed by atoms with Gasteiger partial charge in [0, 0.05) is 5.56 Å². The smallest absolute Gasteiger partial charge is 0.124 e. The molecule has 1 aromatic rings. The summed E-state index contributed by atoms with van der Waals surface area (Å²) in [5, 5.41) is 18.2. The van der Waals surface area contributed by atoms with E-state index in [1.54, 1.807) is 13.0 Å². The number of phenols is 1. The van der Waals surface area contributed by atoms with Gasteiger partial charge in [0.05, 0.1) is 6.61 Å². The summed E-state index contributed by atoms with van der Waals surface area (Å²) in [4.78, 5) is 3.42. The van der Waals surface area contributed by atoms with Crippen molar-refractivity contribution in [1.82, 2.24) is 0 Å². The third-order valence-electron chi connectivity index (χ3n) is 1.83. The Hall–Kier alpha value is -1.13. The minimum Gasteiger partial charge on any atom is -0.507 e. The Kier molecular flexibility index (Phi) is 3.22. The average molecular weight is 186 g/mol. The first kappa shape index (κ1) is 9.95. The van der Waals surface area contributed by atoms with Gasteiger partial charge in [-0.3, -0.25) is 0 Å². The van der Waals surface area contributed by atoms with Gasteiger partial charge in [-0.2, -0.15) is 4.94 Å². The Morgan fingerprint density at radius 1 is 1.46 bits per heavy atom. The van der Waals surface area contributed by atoms with Crippen LogP contribution in [0.1, 0.15) is 16.7 Å². The van der Waals surface area contributed by atoms with Crippen molar-refractivity contribution in [1.29, 1.82) is 0 Å². The lowest BCUT2D eigenvalue weighted by atomic mass is 10.1. The summed E-state index contributed by atoms with van der Waals surface area (Å²) in [7, 11) is 0. The summed E-state index contributed by atoms with van der Waals surface area (Å²) in [5.74, 6) is 0.00912. The zero-order chi connectivity index (χ0) is 9.84. The number of rotatable bonds is 3. The largest absolute Gasteiger partial charge is 0.507 e. The molecule has 0 heterocycles. The van der Waals surface area contributed by atoms with Crippen LogP contribution in [-0.4, -0.2) is 10.2 Å². The van der Waals surface area contributed by atoms with Gasteiger partial charge < -0.3 is 10.2 Å². The van der Waals surface area contributed by atoms with E-state index in [-0.39, 0.29) is 19.0 Å². The predicted molar refractivity (Wildman–Crippen MR) is 44.7 cm³/mol. The van der Waals surface area contributed by atoms with Crippen LogP contribution in [0.3, 0.4) is 0 Å². The number of aliphatic hydroxyl groups is 1. The maximum Gasteiger partial charge on any atom is 0.124 e. The van der Waals surface area contributed by atoms with Gasteiger partial charge in [-0.25, -0.2) is 0 Å². The van der Waals surface area contributed by atoms with Gasteiger partial charge in [-0.15, -0.1) is 0 Å². The minimum atomic E-state index is -0.305. The predicted octanol–water partition coefficient (Wildman–Crippen LogP) is 1.59. The Bertz CT molecular complexity index is 299. The van der Waals surface area contributed by atoms with Crippen LogP contribution in [-0.2, 0) is 18.2 Å². The van der Waals surface area contributed by atoms with Crippen molar-refractivity contribution in [3.8, 4) is 5.75 Å². The molecule has 4 heteroatoms. The second-order valence-corrected chi connectivity index (χ2v) is 2.83. The molecule has 0 unspecified atom stereocenters. The number of hydrogen-bond donors (Lipinski definition) is 2. The fourth-order valence-electron chi connectivity index (χ4n) is 1.19. The topological polar surface area (TPSA) is 49.7 Å². The summed E-state index contributed by atoms with van der Waals surface area (Å²) in [6.45, 7) is 1.23. The van der Waals surface area contributed by atoms with Gasteiger partial charge in [0.15, 0.2) is 0 Å². The van der Waals surface area contributed by atoms with E-state index in [1.807, 2.05) is 0 Å². The highest BCUT2D eigenvalue weighted by Gasteiger charge is 2.06. The highest BCUT2D eigenvalue weighted by Crippen LogP contribution is 2.24. The molecule has 0 aliphatic rings. The van der Waals surface area contributed by atoms with Crippen LogP contribution in [0, 0.1) is 6.92 Å². The van der Waals surface area contributed by atoms with E-state index in [1.165, 1.54) is 6.07 Å². The van der Waals surface area contributed by atoms with Crippen molar-refractivity contribution < 1.29 is 19.7 Å². The second kappa shape index (κ2) is 4.20. The standard InChI is InChI=1S/C9H11FO3/c1-6-2-7(4-11)3-8(5-13-10)9(6)12/h2-3,11-12H,4-5H2,1H3. The molecular formula is C9H11FO3. The molecule has 0 aliphatic carbocycles. The van der Waals surface area contributed by atoms with Gasteiger partial charge in [0.2, 0.25) is 0 Å². The number of halogens is 1. The number of benzene rings is 1. The fraction of sp³-hybridized carbons (Fsp3) is 0.333. The lowest BCUT2D eigenvalue weighted by molar-refractivity contribution is -0.144. The Balaban J connectivity index is 3.09. The number of phenolic OH excluding ortho intramolecular Hbond substituents is 1. The molecule has 72 valence electrons. The van der Waals surface area contributed by atoms with Crippen molar-refractivity contribution >= 4 is 0 Å². The second-order valence-electron chi connectivity index (χ2n) is 2.83. The van der Waals surface area contributed by atoms with Crippen LogP contribution < -0.4 is 0 Å². The molecule has 0 amide bonds.